The second-order valence-corrected chi connectivity index (χ2v) is 4.42. The van der Waals surface area contributed by atoms with Crippen molar-refractivity contribution in [1.29, 1.82) is 0 Å². The van der Waals surface area contributed by atoms with Crippen LogP contribution in [0.15, 0.2) is 12.1 Å². The summed E-state index contributed by atoms with van der Waals surface area (Å²) in [6.07, 6.45) is 1.97. The van der Waals surface area contributed by atoms with Crippen molar-refractivity contribution in [3.63, 3.8) is 0 Å². The number of rotatable bonds is 6. The summed E-state index contributed by atoms with van der Waals surface area (Å²) in [4.78, 5) is 0. The van der Waals surface area contributed by atoms with E-state index in [2.05, 4.69) is 13.0 Å². The van der Waals surface area contributed by atoms with Crippen LogP contribution in [0, 0.1) is 0 Å². The smallest absolute Gasteiger partial charge is 0.141 e. The van der Waals surface area contributed by atoms with Crippen LogP contribution in [-0.4, -0.2) is 13.2 Å². The van der Waals surface area contributed by atoms with E-state index < -0.39 is 0 Å². The Bertz CT molecular complexity index is 369. The minimum atomic E-state index is -0.168. The zero-order valence-electron chi connectivity index (χ0n) is 10.5. The summed E-state index contributed by atoms with van der Waals surface area (Å²) >= 11 is 6.23. The number of aryl methyl sites for hydroxylation is 1. The summed E-state index contributed by atoms with van der Waals surface area (Å²) in [7, 11) is 0. The average molecular weight is 257 g/mol. The molecule has 0 radical (unpaired) electrons. The van der Waals surface area contributed by atoms with Gasteiger partial charge in [0, 0.05) is 12.6 Å². The van der Waals surface area contributed by atoms with Gasteiger partial charge < -0.3 is 16.2 Å². The molecule has 0 aliphatic heterocycles. The van der Waals surface area contributed by atoms with Crippen LogP contribution >= 0.6 is 11.6 Å². The van der Waals surface area contributed by atoms with E-state index in [1.165, 1.54) is 0 Å². The van der Waals surface area contributed by atoms with Crippen molar-refractivity contribution in [1.82, 2.24) is 0 Å². The minimum Gasteiger partial charge on any atom is -0.492 e. The van der Waals surface area contributed by atoms with Crippen molar-refractivity contribution in [2.24, 2.45) is 11.5 Å². The summed E-state index contributed by atoms with van der Waals surface area (Å²) in [5.41, 5.74) is 13.6. The van der Waals surface area contributed by atoms with Gasteiger partial charge in [-0.15, -0.1) is 0 Å². The van der Waals surface area contributed by atoms with Gasteiger partial charge in [0.2, 0.25) is 0 Å². The molecule has 96 valence electrons. The number of hydrogen-bond acceptors (Lipinski definition) is 3. The first-order valence-corrected chi connectivity index (χ1v) is 6.42. The molecule has 1 unspecified atom stereocenters. The van der Waals surface area contributed by atoms with E-state index in [4.69, 9.17) is 27.8 Å². The van der Waals surface area contributed by atoms with E-state index in [0.717, 1.165) is 29.7 Å². The van der Waals surface area contributed by atoms with Gasteiger partial charge in [0.1, 0.15) is 5.75 Å². The molecule has 0 aromatic heterocycles. The molecule has 17 heavy (non-hydrogen) atoms. The first kappa shape index (κ1) is 14.3. The highest BCUT2D eigenvalue weighted by Gasteiger charge is 2.13. The lowest BCUT2D eigenvalue weighted by atomic mass is 10.0. The largest absolute Gasteiger partial charge is 0.492 e. The Hall–Kier alpha value is -0.770. The molecule has 0 saturated heterocycles. The topological polar surface area (TPSA) is 61.3 Å². The Morgan fingerprint density at radius 1 is 1.35 bits per heavy atom. The van der Waals surface area contributed by atoms with E-state index in [1.54, 1.807) is 0 Å². The van der Waals surface area contributed by atoms with Gasteiger partial charge in [-0.3, -0.25) is 0 Å². The standard InChI is InChI=1S/C13H21ClN2O/c1-3-5-9-6-10(12(16)8-15)7-11(14)13(9)17-4-2/h6-7,12H,3-5,8,15-16H2,1-2H3. The second-order valence-electron chi connectivity index (χ2n) is 4.02. The van der Waals surface area contributed by atoms with Crippen molar-refractivity contribution in [3.8, 4) is 5.75 Å². The van der Waals surface area contributed by atoms with Crippen LogP contribution in [0.2, 0.25) is 5.02 Å². The molecular weight excluding hydrogens is 236 g/mol. The van der Waals surface area contributed by atoms with Gasteiger partial charge in [-0.1, -0.05) is 31.0 Å². The van der Waals surface area contributed by atoms with Gasteiger partial charge in [0.15, 0.2) is 0 Å². The third-order valence-corrected chi connectivity index (χ3v) is 2.91. The molecule has 0 aliphatic carbocycles. The second kappa shape index (κ2) is 6.84. The summed E-state index contributed by atoms with van der Waals surface area (Å²) in [5.74, 6) is 0.781. The van der Waals surface area contributed by atoms with Crippen molar-refractivity contribution in [2.45, 2.75) is 32.7 Å². The SMILES string of the molecule is CCCc1cc(C(N)CN)cc(Cl)c1OCC. The number of hydrogen-bond donors (Lipinski definition) is 2. The maximum absolute atomic E-state index is 6.23. The molecule has 0 aliphatic rings. The lowest BCUT2D eigenvalue weighted by Gasteiger charge is -2.16. The summed E-state index contributed by atoms with van der Waals surface area (Å²) in [6.45, 7) is 5.10. The van der Waals surface area contributed by atoms with Crippen LogP contribution in [0.3, 0.4) is 0 Å². The van der Waals surface area contributed by atoms with E-state index in [0.29, 0.717) is 18.2 Å². The van der Waals surface area contributed by atoms with Crippen molar-refractivity contribution < 1.29 is 4.74 Å². The van der Waals surface area contributed by atoms with Gasteiger partial charge in [0.25, 0.3) is 0 Å². The predicted molar refractivity (Wildman–Crippen MR) is 72.6 cm³/mol. The zero-order valence-corrected chi connectivity index (χ0v) is 11.3. The number of halogens is 1. The Balaban J connectivity index is 3.15. The number of nitrogens with two attached hydrogens (primary N) is 2. The van der Waals surface area contributed by atoms with Crippen LogP contribution in [0.5, 0.6) is 5.75 Å². The molecule has 0 saturated carbocycles. The summed E-state index contributed by atoms with van der Waals surface area (Å²) in [5, 5.41) is 0.622. The zero-order chi connectivity index (χ0) is 12.8. The Morgan fingerprint density at radius 2 is 2.06 bits per heavy atom. The molecule has 3 nitrogen and oxygen atoms in total. The molecule has 4 heteroatoms. The van der Waals surface area contributed by atoms with Crippen LogP contribution in [0.25, 0.3) is 0 Å². The first-order chi connectivity index (χ1) is 8.13. The average Bonchev–Trinajstić information content (AvgIpc) is 2.32. The van der Waals surface area contributed by atoms with Crippen LogP contribution in [0.4, 0.5) is 0 Å². The van der Waals surface area contributed by atoms with Crippen LogP contribution in [-0.2, 0) is 6.42 Å². The molecule has 0 bridgehead atoms. The maximum Gasteiger partial charge on any atom is 0.141 e. The van der Waals surface area contributed by atoms with E-state index in [1.807, 2.05) is 13.0 Å². The highest BCUT2D eigenvalue weighted by atomic mass is 35.5. The van der Waals surface area contributed by atoms with Crippen LogP contribution < -0.4 is 16.2 Å². The maximum atomic E-state index is 6.23. The van der Waals surface area contributed by atoms with Gasteiger partial charge in [-0.25, -0.2) is 0 Å². The highest BCUT2D eigenvalue weighted by Crippen LogP contribution is 2.32. The minimum absolute atomic E-state index is 0.168. The van der Waals surface area contributed by atoms with Crippen molar-refractivity contribution in [2.75, 3.05) is 13.2 Å². The fourth-order valence-electron chi connectivity index (χ4n) is 1.78. The van der Waals surface area contributed by atoms with Gasteiger partial charge in [-0.2, -0.15) is 0 Å². The molecule has 4 N–H and O–H groups in total. The van der Waals surface area contributed by atoms with E-state index in [-0.39, 0.29) is 6.04 Å². The lowest BCUT2D eigenvalue weighted by molar-refractivity contribution is 0.336. The Morgan fingerprint density at radius 3 is 2.59 bits per heavy atom. The first-order valence-electron chi connectivity index (χ1n) is 6.04. The van der Waals surface area contributed by atoms with Gasteiger partial charge in [-0.05, 0) is 30.5 Å². The number of benzene rings is 1. The van der Waals surface area contributed by atoms with Crippen LogP contribution in [0.1, 0.15) is 37.4 Å². The molecule has 0 spiro atoms. The predicted octanol–water partition coefficient (Wildman–Crippen LogP) is 2.65. The molecule has 1 rings (SSSR count). The molecule has 0 fully saturated rings. The Kier molecular flexibility index (Phi) is 5.75. The van der Waals surface area contributed by atoms with Crippen molar-refractivity contribution >= 4 is 11.6 Å². The summed E-state index contributed by atoms with van der Waals surface area (Å²) in [6, 6.07) is 3.74. The highest BCUT2D eigenvalue weighted by molar-refractivity contribution is 6.32. The third kappa shape index (κ3) is 3.60. The van der Waals surface area contributed by atoms with Gasteiger partial charge >= 0.3 is 0 Å². The fourth-order valence-corrected chi connectivity index (χ4v) is 2.09. The molecule has 0 amide bonds. The summed E-state index contributed by atoms with van der Waals surface area (Å²) < 4.78 is 5.58. The van der Waals surface area contributed by atoms with E-state index in [9.17, 15) is 0 Å². The van der Waals surface area contributed by atoms with E-state index >= 15 is 0 Å². The molecule has 1 aromatic carbocycles. The molecule has 1 aromatic rings. The molecule has 1 atom stereocenters. The lowest BCUT2D eigenvalue weighted by Crippen LogP contribution is -2.21. The normalized spacial score (nSPS) is 12.5. The van der Waals surface area contributed by atoms with Gasteiger partial charge in [0.05, 0.1) is 11.6 Å². The molecule has 0 heterocycles. The van der Waals surface area contributed by atoms with Crippen molar-refractivity contribution in [3.05, 3.63) is 28.3 Å². The monoisotopic (exact) mass is 256 g/mol. The Labute approximate surface area is 108 Å². The number of ether oxygens (including phenoxy) is 1. The third-order valence-electron chi connectivity index (χ3n) is 2.63. The fraction of sp³-hybridized carbons (Fsp3) is 0.538. The quantitative estimate of drug-likeness (QED) is 0.823. The molecular formula is C13H21ClN2O.